The highest BCUT2D eigenvalue weighted by Crippen LogP contribution is 2.13. The van der Waals surface area contributed by atoms with Gasteiger partial charge in [-0.2, -0.15) is 0 Å². The topological polar surface area (TPSA) is 69.8 Å². The van der Waals surface area contributed by atoms with Crippen LogP contribution in [0.25, 0.3) is 0 Å². The minimum absolute atomic E-state index is 0.0669. The summed E-state index contributed by atoms with van der Waals surface area (Å²) in [5.74, 6) is 0.505. The lowest BCUT2D eigenvalue weighted by molar-refractivity contribution is -0.136. The quantitative estimate of drug-likeness (QED) is 0.753. The Labute approximate surface area is 116 Å². The predicted molar refractivity (Wildman–Crippen MR) is 76.7 cm³/mol. The van der Waals surface area contributed by atoms with E-state index in [0.717, 1.165) is 13.0 Å². The van der Waals surface area contributed by atoms with Crippen molar-refractivity contribution >= 4 is 5.91 Å². The Kier molecular flexibility index (Phi) is 6.23. The number of nitrogens with two attached hydrogens (primary N) is 1. The Morgan fingerprint density at radius 1 is 1.37 bits per heavy atom. The van der Waals surface area contributed by atoms with Crippen molar-refractivity contribution in [1.29, 1.82) is 0 Å². The number of hydrogen-bond donors (Lipinski definition) is 2. The molecule has 0 radical (unpaired) electrons. The largest absolute Gasteiger partial charge is 0.392 e. The average Bonchev–Trinajstić information content (AvgIpc) is 2.29. The monoisotopic (exact) mass is 271 g/mol. The molecule has 0 aliphatic carbocycles. The Morgan fingerprint density at radius 3 is 2.47 bits per heavy atom. The normalized spacial score (nSPS) is 24.6. The fourth-order valence-corrected chi connectivity index (χ4v) is 2.65. The number of rotatable bonds is 5. The van der Waals surface area contributed by atoms with E-state index < -0.39 is 0 Å². The van der Waals surface area contributed by atoms with Gasteiger partial charge in [-0.15, -0.1) is 0 Å². The molecule has 3 atom stereocenters. The standard InChI is InChI=1S/C14H29N3O2/c1-10(2)7-13(15)14(19)17-6-5-16(9-12(4)18)11(3)8-17/h10-13,18H,5-9,15H2,1-4H3/t11?,12?,13-/m0/s1. The highest BCUT2D eigenvalue weighted by Gasteiger charge is 2.29. The van der Waals surface area contributed by atoms with Crippen LogP contribution in [0.4, 0.5) is 0 Å². The molecule has 0 saturated carbocycles. The van der Waals surface area contributed by atoms with Crippen LogP contribution in [-0.2, 0) is 4.79 Å². The van der Waals surface area contributed by atoms with Crippen LogP contribution in [0.2, 0.25) is 0 Å². The lowest BCUT2D eigenvalue weighted by atomic mass is 10.0. The molecule has 1 aliphatic heterocycles. The first-order valence-electron chi connectivity index (χ1n) is 7.27. The number of carbonyl (C=O) groups excluding carboxylic acids is 1. The summed E-state index contributed by atoms with van der Waals surface area (Å²) in [5, 5.41) is 9.44. The Hall–Kier alpha value is -0.650. The number of aliphatic hydroxyl groups excluding tert-OH is 1. The van der Waals surface area contributed by atoms with Crippen molar-refractivity contribution in [2.24, 2.45) is 11.7 Å². The fourth-order valence-electron chi connectivity index (χ4n) is 2.65. The maximum Gasteiger partial charge on any atom is 0.239 e. The van der Waals surface area contributed by atoms with Crippen LogP contribution < -0.4 is 5.73 Å². The maximum absolute atomic E-state index is 12.2. The molecule has 112 valence electrons. The summed E-state index contributed by atoms with van der Waals surface area (Å²) in [4.78, 5) is 16.3. The van der Waals surface area contributed by atoms with Crippen molar-refractivity contribution in [2.75, 3.05) is 26.2 Å². The van der Waals surface area contributed by atoms with Crippen LogP contribution >= 0.6 is 0 Å². The molecule has 0 aromatic rings. The second-order valence-electron chi connectivity index (χ2n) is 6.21. The third-order valence-electron chi connectivity index (χ3n) is 3.62. The van der Waals surface area contributed by atoms with Crippen molar-refractivity contribution in [3.8, 4) is 0 Å². The van der Waals surface area contributed by atoms with Crippen LogP contribution in [0.3, 0.4) is 0 Å². The lowest BCUT2D eigenvalue weighted by Gasteiger charge is -2.41. The maximum atomic E-state index is 12.2. The van der Waals surface area contributed by atoms with Gasteiger partial charge in [0.15, 0.2) is 0 Å². The van der Waals surface area contributed by atoms with Crippen LogP contribution in [0.15, 0.2) is 0 Å². The summed E-state index contributed by atoms with van der Waals surface area (Å²) in [7, 11) is 0. The zero-order chi connectivity index (χ0) is 14.6. The smallest absolute Gasteiger partial charge is 0.239 e. The fraction of sp³-hybridized carbons (Fsp3) is 0.929. The van der Waals surface area contributed by atoms with Gasteiger partial charge in [0.1, 0.15) is 0 Å². The Balaban J connectivity index is 2.48. The molecule has 19 heavy (non-hydrogen) atoms. The molecule has 0 aromatic carbocycles. The summed E-state index contributed by atoms with van der Waals surface area (Å²) < 4.78 is 0. The minimum atomic E-state index is -0.379. The molecule has 0 bridgehead atoms. The Bertz CT molecular complexity index is 294. The molecule has 5 nitrogen and oxygen atoms in total. The number of hydrogen-bond acceptors (Lipinski definition) is 4. The molecule has 1 amide bonds. The van der Waals surface area contributed by atoms with E-state index in [0.29, 0.717) is 25.6 Å². The molecule has 1 heterocycles. The molecule has 5 heteroatoms. The number of nitrogens with zero attached hydrogens (tertiary/aromatic N) is 2. The number of β-amino-alcohol motifs (C(OH)–C–C–N with tert-alkyl or cyclic N) is 1. The van der Waals surface area contributed by atoms with Gasteiger partial charge in [0.25, 0.3) is 0 Å². The van der Waals surface area contributed by atoms with Gasteiger partial charge in [-0.1, -0.05) is 13.8 Å². The van der Waals surface area contributed by atoms with E-state index in [1.807, 2.05) is 4.90 Å². The highest BCUT2D eigenvalue weighted by molar-refractivity contribution is 5.81. The van der Waals surface area contributed by atoms with Crippen LogP contribution in [-0.4, -0.2) is 65.2 Å². The van der Waals surface area contributed by atoms with Crippen LogP contribution in [0.1, 0.15) is 34.1 Å². The molecule has 0 aromatic heterocycles. The summed E-state index contributed by atoms with van der Waals surface area (Å²) >= 11 is 0. The molecule has 3 N–H and O–H groups in total. The van der Waals surface area contributed by atoms with Gasteiger partial charge in [-0.3, -0.25) is 9.69 Å². The molecule has 1 aliphatic rings. The molecule has 2 unspecified atom stereocenters. The third kappa shape index (κ3) is 5.09. The van der Waals surface area contributed by atoms with Gasteiger partial charge in [-0.25, -0.2) is 0 Å². The molecule has 0 spiro atoms. The van der Waals surface area contributed by atoms with Gasteiger partial charge in [-0.05, 0) is 26.2 Å². The molecular weight excluding hydrogens is 242 g/mol. The third-order valence-corrected chi connectivity index (χ3v) is 3.62. The van der Waals surface area contributed by atoms with Gasteiger partial charge >= 0.3 is 0 Å². The number of carbonyl (C=O) groups is 1. The zero-order valence-electron chi connectivity index (χ0n) is 12.7. The van der Waals surface area contributed by atoms with Crippen molar-refractivity contribution in [3.05, 3.63) is 0 Å². The van der Waals surface area contributed by atoms with Crippen molar-refractivity contribution in [1.82, 2.24) is 9.80 Å². The highest BCUT2D eigenvalue weighted by atomic mass is 16.3. The summed E-state index contributed by atoms with van der Waals surface area (Å²) in [6.45, 7) is 10.9. The molecular formula is C14H29N3O2. The van der Waals surface area contributed by atoms with Gasteiger partial charge in [0.05, 0.1) is 12.1 Å². The van der Waals surface area contributed by atoms with E-state index in [9.17, 15) is 9.90 Å². The van der Waals surface area contributed by atoms with E-state index >= 15 is 0 Å². The van der Waals surface area contributed by atoms with Crippen LogP contribution in [0, 0.1) is 5.92 Å². The van der Waals surface area contributed by atoms with Crippen molar-refractivity contribution in [2.45, 2.75) is 52.3 Å². The SMILES string of the molecule is CC(C)C[C@H](N)C(=O)N1CCN(CC(C)O)C(C)C1. The number of amides is 1. The van der Waals surface area contributed by atoms with E-state index in [1.54, 1.807) is 6.92 Å². The summed E-state index contributed by atoms with van der Waals surface area (Å²) in [5.41, 5.74) is 5.97. The van der Waals surface area contributed by atoms with Gasteiger partial charge < -0.3 is 15.7 Å². The first kappa shape index (κ1) is 16.4. The van der Waals surface area contributed by atoms with E-state index in [-0.39, 0.29) is 24.1 Å². The second-order valence-corrected chi connectivity index (χ2v) is 6.21. The number of aliphatic hydroxyl groups is 1. The van der Waals surface area contributed by atoms with Gasteiger partial charge in [0, 0.05) is 32.2 Å². The molecule has 1 rings (SSSR count). The van der Waals surface area contributed by atoms with E-state index in [2.05, 4.69) is 25.7 Å². The van der Waals surface area contributed by atoms with E-state index in [4.69, 9.17) is 5.73 Å². The minimum Gasteiger partial charge on any atom is -0.392 e. The Morgan fingerprint density at radius 2 is 2.00 bits per heavy atom. The summed E-state index contributed by atoms with van der Waals surface area (Å²) in [6, 6.07) is -0.103. The predicted octanol–water partition coefficient (Wildman–Crippen LogP) is 0.273. The molecule has 1 saturated heterocycles. The number of piperazine rings is 1. The zero-order valence-corrected chi connectivity index (χ0v) is 12.7. The van der Waals surface area contributed by atoms with Crippen molar-refractivity contribution < 1.29 is 9.90 Å². The average molecular weight is 271 g/mol. The second kappa shape index (κ2) is 7.22. The van der Waals surface area contributed by atoms with E-state index in [1.165, 1.54) is 0 Å². The van der Waals surface area contributed by atoms with Crippen molar-refractivity contribution in [3.63, 3.8) is 0 Å². The lowest BCUT2D eigenvalue weighted by Crippen LogP contribution is -2.57. The molecule has 1 fully saturated rings. The van der Waals surface area contributed by atoms with Gasteiger partial charge in [0.2, 0.25) is 5.91 Å². The first-order valence-corrected chi connectivity index (χ1v) is 7.27. The summed E-state index contributed by atoms with van der Waals surface area (Å²) in [6.07, 6.45) is 0.411. The first-order chi connectivity index (χ1) is 8.81. The van der Waals surface area contributed by atoms with Crippen LogP contribution in [0.5, 0.6) is 0 Å².